The molecule has 0 bridgehead atoms. The summed E-state index contributed by atoms with van der Waals surface area (Å²) in [6.45, 7) is 3.80. The Hall–Kier alpha value is -1.82. The van der Waals surface area contributed by atoms with Gasteiger partial charge in [0.2, 0.25) is 11.1 Å². The highest BCUT2D eigenvalue weighted by Gasteiger charge is 2.10. The van der Waals surface area contributed by atoms with E-state index >= 15 is 0 Å². The van der Waals surface area contributed by atoms with E-state index < -0.39 is 0 Å². The average molecular weight is 276 g/mol. The zero-order valence-corrected chi connectivity index (χ0v) is 11.7. The van der Waals surface area contributed by atoms with Gasteiger partial charge in [-0.05, 0) is 19.4 Å². The van der Waals surface area contributed by atoms with E-state index in [1.165, 1.54) is 11.8 Å². The number of aryl methyl sites for hydroxylation is 1. The van der Waals surface area contributed by atoms with E-state index in [0.29, 0.717) is 10.9 Å². The predicted molar refractivity (Wildman–Crippen MR) is 74.8 cm³/mol. The van der Waals surface area contributed by atoms with Gasteiger partial charge in [-0.2, -0.15) is 0 Å². The standard InChI is InChI=1S/C13H16N4OS/c1-9(11-6-4-3-5-7-11)14-12(18)8-19-13-15-10(2)16-17-13/h3-7,9H,8H2,1-2H3,(H,14,18)(H,15,16,17). The molecule has 0 saturated carbocycles. The summed E-state index contributed by atoms with van der Waals surface area (Å²) in [5.74, 6) is 1.04. The van der Waals surface area contributed by atoms with Crippen LogP contribution < -0.4 is 5.32 Å². The first-order valence-corrected chi connectivity index (χ1v) is 7.00. The lowest BCUT2D eigenvalue weighted by atomic mass is 10.1. The summed E-state index contributed by atoms with van der Waals surface area (Å²) in [5.41, 5.74) is 1.09. The summed E-state index contributed by atoms with van der Waals surface area (Å²) < 4.78 is 0. The molecule has 1 unspecified atom stereocenters. The summed E-state index contributed by atoms with van der Waals surface area (Å²) >= 11 is 1.32. The summed E-state index contributed by atoms with van der Waals surface area (Å²) in [5, 5.41) is 10.3. The van der Waals surface area contributed by atoms with E-state index in [4.69, 9.17) is 0 Å². The molecule has 1 atom stereocenters. The van der Waals surface area contributed by atoms with E-state index in [0.717, 1.165) is 11.4 Å². The highest BCUT2D eigenvalue weighted by atomic mass is 32.2. The van der Waals surface area contributed by atoms with Crippen LogP contribution in [-0.2, 0) is 4.79 Å². The average Bonchev–Trinajstić information content (AvgIpc) is 2.83. The second-order valence-electron chi connectivity index (χ2n) is 4.19. The van der Waals surface area contributed by atoms with Gasteiger partial charge in [0, 0.05) is 0 Å². The molecule has 2 rings (SSSR count). The van der Waals surface area contributed by atoms with Gasteiger partial charge in [0.1, 0.15) is 5.82 Å². The summed E-state index contributed by atoms with van der Waals surface area (Å²) in [6.07, 6.45) is 0. The number of nitrogens with one attached hydrogen (secondary N) is 2. The number of benzene rings is 1. The van der Waals surface area contributed by atoms with Crippen LogP contribution in [0.2, 0.25) is 0 Å². The molecule has 0 saturated heterocycles. The first-order valence-electron chi connectivity index (χ1n) is 6.01. The Balaban J connectivity index is 1.81. The van der Waals surface area contributed by atoms with Gasteiger partial charge in [0.05, 0.1) is 11.8 Å². The van der Waals surface area contributed by atoms with Crippen LogP contribution in [0.4, 0.5) is 0 Å². The lowest BCUT2D eigenvalue weighted by Crippen LogP contribution is -2.28. The number of amides is 1. The van der Waals surface area contributed by atoms with Crippen LogP contribution in [0.25, 0.3) is 0 Å². The number of thioether (sulfide) groups is 1. The Bertz CT molecular complexity index is 541. The van der Waals surface area contributed by atoms with Crippen LogP contribution in [0.3, 0.4) is 0 Å². The van der Waals surface area contributed by atoms with Crippen LogP contribution in [0.15, 0.2) is 35.5 Å². The number of nitrogens with zero attached hydrogens (tertiary/aromatic N) is 2. The van der Waals surface area contributed by atoms with Crippen LogP contribution in [0.5, 0.6) is 0 Å². The molecule has 0 spiro atoms. The van der Waals surface area contributed by atoms with Crippen LogP contribution >= 0.6 is 11.8 Å². The van der Waals surface area contributed by atoms with Gasteiger partial charge in [-0.1, -0.05) is 42.1 Å². The van der Waals surface area contributed by atoms with Crippen molar-refractivity contribution < 1.29 is 4.79 Å². The number of rotatable bonds is 5. The van der Waals surface area contributed by atoms with Crippen LogP contribution in [-0.4, -0.2) is 26.8 Å². The van der Waals surface area contributed by atoms with Gasteiger partial charge >= 0.3 is 0 Å². The third-order valence-electron chi connectivity index (χ3n) is 2.59. The monoisotopic (exact) mass is 276 g/mol. The van der Waals surface area contributed by atoms with Crippen molar-refractivity contribution in [3.8, 4) is 0 Å². The number of hydrogen-bond donors (Lipinski definition) is 2. The number of carbonyl (C=O) groups excluding carboxylic acids is 1. The third-order valence-corrected chi connectivity index (χ3v) is 3.43. The van der Waals surface area contributed by atoms with Crippen molar-refractivity contribution in [2.75, 3.05) is 5.75 Å². The molecule has 6 heteroatoms. The largest absolute Gasteiger partial charge is 0.349 e. The minimum atomic E-state index is -0.0243. The number of aromatic nitrogens is 3. The smallest absolute Gasteiger partial charge is 0.230 e. The van der Waals surface area contributed by atoms with E-state index in [1.807, 2.05) is 44.2 Å². The molecule has 0 aliphatic rings. The van der Waals surface area contributed by atoms with E-state index in [9.17, 15) is 4.79 Å². The molecule has 1 aromatic heterocycles. The summed E-state index contributed by atoms with van der Waals surface area (Å²) in [7, 11) is 0. The van der Waals surface area contributed by atoms with Gasteiger partial charge in [-0.15, -0.1) is 5.10 Å². The maximum Gasteiger partial charge on any atom is 0.230 e. The van der Waals surface area contributed by atoms with Crippen LogP contribution in [0.1, 0.15) is 24.4 Å². The molecular formula is C13H16N4OS. The number of hydrogen-bond acceptors (Lipinski definition) is 4. The van der Waals surface area contributed by atoms with E-state index in [1.54, 1.807) is 0 Å². The Morgan fingerprint density at radius 2 is 2.16 bits per heavy atom. The van der Waals surface area contributed by atoms with E-state index in [2.05, 4.69) is 20.5 Å². The van der Waals surface area contributed by atoms with Crippen molar-refractivity contribution in [2.45, 2.75) is 25.0 Å². The molecule has 0 radical (unpaired) electrons. The Morgan fingerprint density at radius 1 is 1.42 bits per heavy atom. The molecule has 5 nitrogen and oxygen atoms in total. The number of carbonyl (C=O) groups is 1. The second kappa shape index (κ2) is 6.38. The molecule has 0 aliphatic carbocycles. The lowest BCUT2D eigenvalue weighted by molar-refractivity contribution is -0.119. The molecule has 2 N–H and O–H groups in total. The Labute approximate surface area is 116 Å². The van der Waals surface area contributed by atoms with Gasteiger partial charge in [-0.25, -0.2) is 4.98 Å². The third kappa shape index (κ3) is 4.10. The highest BCUT2D eigenvalue weighted by Crippen LogP contribution is 2.14. The lowest BCUT2D eigenvalue weighted by Gasteiger charge is -2.13. The Kier molecular flexibility index (Phi) is 4.57. The molecule has 2 aromatic rings. The van der Waals surface area contributed by atoms with Gasteiger partial charge < -0.3 is 5.32 Å². The molecule has 1 aromatic carbocycles. The molecule has 0 aliphatic heterocycles. The second-order valence-corrected chi connectivity index (χ2v) is 5.13. The van der Waals surface area contributed by atoms with Crippen molar-refractivity contribution in [3.05, 3.63) is 41.7 Å². The van der Waals surface area contributed by atoms with Crippen molar-refractivity contribution in [2.24, 2.45) is 0 Å². The van der Waals surface area contributed by atoms with Gasteiger partial charge in [0.15, 0.2) is 0 Å². The SMILES string of the molecule is Cc1nc(SCC(=O)NC(C)c2ccccc2)n[nH]1. The molecular weight excluding hydrogens is 260 g/mol. The first-order chi connectivity index (χ1) is 9.15. The minimum absolute atomic E-state index is 0.00294. The Morgan fingerprint density at radius 3 is 2.79 bits per heavy atom. The fourth-order valence-electron chi connectivity index (χ4n) is 1.63. The van der Waals surface area contributed by atoms with Crippen LogP contribution in [0, 0.1) is 6.92 Å². The van der Waals surface area contributed by atoms with Crippen molar-refractivity contribution in [1.82, 2.24) is 20.5 Å². The normalized spacial score (nSPS) is 12.1. The maximum absolute atomic E-state index is 11.8. The quantitative estimate of drug-likeness (QED) is 0.820. The molecule has 19 heavy (non-hydrogen) atoms. The molecule has 100 valence electrons. The van der Waals surface area contributed by atoms with Gasteiger partial charge in [0.25, 0.3) is 0 Å². The zero-order chi connectivity index (χ0) is 13.7. The molecule has 1 heterocycles. The van der Waals surface area contributed by atoms with Gasteiger partial charge in [-0.3, -0.25) is 9.89 Å². The highest BCUT2D eigenvalue weighted by molar-refractivity contribution is 7.99. The maximum atomic E-state index is 11.8. The molecule has 1 amide bonds. The van der Waals surface area contributed by atoms with Crippen molar-refractivity contribution in [1.29, 1.82) is 0 Å². The topological polar surface area (TPSA) is 70.7 Å². The summed E-state index contributed by atoms with van der Waals surface area (Å²) in [4.78, 5) is 15.9. The van der Waals surface area contributed by atoms with E-state index in [-0.39, 0.29) is 11.9 Å². The zero-order valence-electron chi connectivity index (χ0n) is 10.9. The van der Waals surface area contributed by atoms with Crippen molar-refractivity contribution >= 4 is 17.7 Å². The van der Waals surface area contributed by atoms with Crippen molar-refractivity contribution in [3.63, 3.8) is 0 Å². The number of aromatic amines is 1. The minimum Gasteiger partial charge on any atom is -0.349 e. The molecule has 0 fully saturated rings. The fourth-order valence-corrected chi connectivity index (χ4v) is 2.28. The predicted octanol–water partition coefficient (Wildman–Crippen LogP) is 2.08. The summed E-state index contributed by atoms with van der Waals surface area (Å²) in [6, 6.07) is 9.88. The fraction of sp³-hybridized carbons (Fsp3) is 0.308. The first kappa shape index (κ1) is 13.6. The number of H-pyrrole nitrogens is 1.